The Morgan fingerprint density at radius 3 is 2.46 bits per heavy atom. The first kappa shape index (κ1) is 17.6. The van der Waals surface area contributed by atoms with Crippen LogP contribution in [-0.2, 0) is 0 Å². The van der Waals surface area contributed by atoms with Crippen molar-refractivity contribution >= 4 is 29.0 Å². The third kappa shape index (κ3) is 3.97. The number of carboxylic acid groups (broad SMARTS) is 1. The first-order valence-electron chi connectivity index (χ1n) is 7.01. The number of aromatic carboxylic acids is 1. The van der Waals surface area contributed by atoms with Gasteiger partial charge in [-0.15, -0.1) is 0 Å². The van der Waals surface area contributed by atoms with Crippen molar-refractivity contribution in [2.45, 2.75) is 6.92 Å². The normalized spacial score (nSPS) is 11.1. The second-order valence-corrected chi connectivity index (χ2v) is 5.29. The predicted molar refractivity (Wildman–Crippen MR) is 93.8 cm³/mol. The predicted octanol–water partition coefficient (Wildman–Crippen LogP) is 3.89. The Kier molecular flexibility index (Phi) is 5.65. The number of nitrogens with zero attached hydrogens (tertiary/aromatic N) is 1. The Morgan fingerprint density at radius 2 is 1.83 bits per heavy atom. The molecule has 126 valence electrons. The number of benzene rings is 2. The lowest BCUT2D eigenvalue weighted by molar-refractivity contribution is 0.0697. The zero-order valence-electron chi connectivity index (χ0n) is 13.5. The Hall–Kier alpha value is -2.73. The van der Waals surface area contributed by atoms with Gasteiger partial charge in [0.2, 0.25) is 0 Å². The number of anilines is 1. The molecule has 6 nitrogen and oxygen atoms in total. The molecule has 0 saturated heterocycles. The van der Waals surface area contributed by atoms with E-state index in [0.717, 1.165) is 5.56 Å². The molecule has 7 heteroatoms. The maximum Gasteiger partial charge on any atom is 0.337 e. The maximum absolute atomic E-state index is 11.1. The van der Waals surface area contributed by atoms with Crippen molar-refractivity contribution in [3.05, 3.63) is 52.5 Å². The van der Waals surface area contributed by atoms with Crippen LogP contribution in [0.25, 0.3) is 0 Å². The summed E-state index contributed by atoms with van der Waals surface area (Å²) in [7, 11) is 3.13. The molecule has 0 aromatic heterocycles. The van der Waals surface area contributed by atoms with Gasteiger partial charge in [-0.3, -0.25) is 5.43 Å². The minimum atomic E-state index is -1.09. The van der Waals surface area contributed by atoms with Crippen LogP contribution in [0.1, 0.15) is 22.8 Å². The zero-order chi connectivity index (χ0) is 17.7. The van der Waals surface area contributed by atoms with E-state index in [1.54, 1.807) is 26.4 Å². The molecule has 24 heavy (non-hydrogen) atoms. The molecule has 0 spiro atoms. The second-order valence-electron chi connectivity index (χ2n) is 4.88. The molecular weight excluding hydrogens is 332 g/mol. The van der Waals surface area contributed by atoms with E-state index in [2.05, 4.69) is 10.5 Å². The maximum atomic E-state index is 11.1. The summed E-state index contributed by atoms with van der Waals surface area (Å²) in [5.41, 5.74) is 4.90. The van der Waals surface area contributed by atoms with Crippen LogP contribution in [0.5, 0.6) is 11.5 Å². The number of carboxylic acids is 1. The average molecular weight is 349 g/mol. The van der Waals surface area contributed by atoms with E-state index in [4.69, 9.17) is 26.2 Å². The van der Waals surface area contributed by atoms with Gasteiger partial charge in [0.15, 0.2) is 11.5 Å². The summed E-state index contributed by atoms with van der Waals surface area (Å²) in [6, 6.07) is 10.0. The van der Waals surface area contributed by atoms with Crippen molar-refractivity contribution in [1.29, 1.82) is 0 Å². The number of nitrogens with one attached hydrogen (secondary N) is 1. The molecule has 2 N–H and O–H groups in total. The standard InChI is InChI=1S/C17H17ClN2O4/c1-10(11-4-7-15(23-2)16(8-11)24-3)19-20-12-5-6-14(18)13(9-12)17(21)22/h4-9,20H,1-3H3,(H,21,22). The third-order valence-electron chi connectivity index (χ3n) is 3.35. The Balaban J connectivity index is 2.23. The van der Waals surface area contributed by atoms with Crippen LogP contribution >= 0.6 is 11.6 Å². The van der Waals surface area contributed by atoms with Crippen molar-refractivity contribution in [3.63, 3.8) is 0 Å². The summed E-state index contributed by atoms with van der Waals surface area (Å²) < 4.78 is 10.5. The van der Waals surface area contributed by atoms with Gasteiger partial charge in [-0.05, 0) is 43.3 Å². The molecule has 0 aliphatic rings. The van der Waals surface area contributed by atoms with Crippen molar-refractivity contribution < 1.29 is 19.4 Å². The molecule has 0 radical (unpaired) electrons. The van der Waals surface area contributed by atoms with Crippen LogP contribution in [0.3, 0.4) is 0 Å². The van der Waals surface area contributed by atoms with E-state index in [1.807, 2.05) is 19.1 Å². The highest BCUT2D eigenvalue weighted by Crippen LogP contribution is 2.28. The van der Waals surface area contributed by atoms with Crippen molar-refractivity contribution in [1.82, 2.24) is 0 Å². The number of rotatable bonds is 6. The molecule has 0 fully saturated rings. The van der Waals surface area contributed by atoms with E-state index in [0.29, 0.717) is 22.9 Å². The van der Waals surface area contributed by atoms with Gasteiger partial charge in [-0.1, -0.05) is 11.6 Å². The van der Waals surface area contributed by atoms with Gasteiger partial charge < -0.3 is 14.6 Å². The number of carbonyl (C=O) groups is 1. The summed E-state index contributed by atoms with van der Waals surface area (Å²) in [5.74, 6) is 0.138. The number of hydrogen-bond acceptors (Lipinski definition) is 5. The van der Waals surface area contributed by atoms with Gasteiger partial charge >= 0.3 is 5.97 Å². The molecule has 0 bridgehead atoms. The lowest BCUT2D eigenvalue weighted by atomic mass is 10.1. The van der Waals surface area contributed by atoms with E-state index >= 15 is 0 Å². The third-order valence-corrected chi connectivity index (χ3v) is 3.68. The first-order chi connectivity index (χ1) is 11.5. The number of hydrogen-bond donors (Lipinski definition) is 2. The Bertz CT molecular complexity index is 790. The Morgan fingerprint density at radius 1 is 1.12 bits per heavy atom. The summed E-state index contributed by atoms with van der Waals surface area (Å²) in [6.45, 7) is 1.82. The van der Waals surface area contributed by atoms with Gasteiger partial charge in [0.1, 0.15) is 0 Å². The molecule has 0 amide bonds. The van der Waals surface area contributed by atoms with Gasteiger partial charge in [0.25, 0.3) is 0 Å². The molecule has 0 aliphatic carbocycles. The lowest BCUT2D eigenvalue weighted by Gasteiger charge is -2.10. The number of ether oxygens (including phenoxy) is 2. The molecule has 2 aromatic rings. The van der Waals surface area contributed by atoms with Crippen LogP contribution in [0.4, 0.5) is 5.69 Å². The molecule has 0 saturated carbocycles. The fourth-order valence-electron chi connectivity index (χ4n) is 2.03. The first-order valence-corrected chi connectivity index (χ1v) is 7.39. The molecule has 0 atom stereocenters. The summed E-state index contributed by atoms with van der Waals surface area (Å²) >= 11 is 5.84. The molecule has 0 heterocycles. The minimum absolute atomic E-state index is 0.0145. The number of methoxy groups -OCH3 is 2. The van der Waals surface area contributed by atoms with Crippen LogP contribution in [0.15, 0.2) is 41.5 Å². The van der Waals surface area contributed by atoms with Crippen LogP contribution in [-0.4, -0.2) is 31.0 Å². The van der Waals surface area contributed by atoms with Crippen LogP contribution in [0.2, 0.25) is 5.02 Å². The number of halogens is 1. The lowest BCUT2D eigenvalue weighted by Crippen LogP contribution is -2.02. The van der Waals surface area contributed by atoms with Crippen molar-refractivity contribution in [2.24, 2.45) is 5.10 Å². The van der Waals surface area contributed by atoms with E-state index in [1.165, 1.54) is 12.1 Å². The van der Waals surface area contributed by atoms with Crippen molar-refractivity contribution in [2.75, 3.05) is 19.6 Å². The van der Waals surface area contributed by atoms with E-state index in [-0.39, 0.29) is 10.6 Å². The molecular formula is C17H17ClN2O4. The summed E-state index contributed by atoms with van der Waals surface area (Å²) in [4.78, 5) is 11.1. The average Bonchev–Trinajstić information content (AvgIpc) is 2.59. The highest BCUT2D eigenvalue weighted by molar-refractivity contribution is 6.33. The second kappa shape index (κ2) is 7.70. The van der Waals surface area contributed by atoms with Gasteiger partial charge in [-0.2, -0.15) is 5.10 Å². The smallest absolute Gasteiger partial charge is 0.337 e. The quantitative estimate of drug-likeness (QED) is 0.611. The molecule has 0 aliphatic heterocycles. The highest BCUT2D eigenvalue weighted by atomic mass is 35.5. The molecule has 2 aromatic carbocycles. The van der Waals surface area contributed by atoms with Gasteiger partial charge in [-0.25, -0.2) is 4.79 Å². The minimum Gasteiger partial charge on any atom is -0.493 e. The van der Waals surface area contributed by atoms with Gasteiger partial charge in [0, 0.05) is 5.56 Å². The SMILES string of the molecule is COc1ccc(C(C)=NNc2ccc(Cl)c(C(=O)O)c2)cc1OC. The number of hydrazone groups is 1. The summed E-state index contributed by atoms with van der Waals surface area (Å²) in [5, 5.41) is 13.5. The van der Waals surface area contributed by atoms with Gasteiger partial charge in [0.05, 0.1) is 36.2 Å². The molecule has 2 rings (SSSR count). The van der Waals surface area contributed by atoms with Crippen molar-refractivity contribution in [3.8, 4) is 11.5 Å². The summed E-state index contributed by atoms with van der Waals surface area (Å²) in [6.07, 6.45) is 0. The fourth-order valence-corrected chi connectivity index (χ4v) is 2.23. The van der Waals surface area contributed by atoms with Crippen LogP contribution in [0, 0.1) is 0 Å². The van der Waals surface area contributed by atoms with Crippen LogP contribution < -0.4 is 14.9 Å². The topological polar surface area (TPSA) is 80.2 Å². The highest BCUT2D eigenvalue weighted by Gasteiger charge is 2.10. The monoisotopic (exact) mass is 348 g/mol. The molecule has 0 unspecified atom stereocenters. The zero-order valence-corrected chi connectivity index (χ0v) is 14.2. The van der Waals surface area contributed by atoms with E-state index < -0.39 is 5.97 Å². The van der Waals surface area contributed by atoms with E-state index in [9.17, 15) is 4.79 Å². The fraction of sp³-hybridized carbons (Fsp3) is 0.176. The largest absolute Gasteiger partial charge is 0.493 e. The Labute approximate surface area is 144 Å².